The lowest BCUT2D eigenvalue weighted by molar-refractivity contribution is -0.698. The number of phenolic OH excluding ortho intramolecular Hbond substituents is 1. The maximum Gasteiger partial charge on any atom is 0.337 e. The first-order chi connectivity index (χ1) is 14.0. The molecule has 1 heterocycles. The number of ether oxygens (including phenoxy) is 1. The van der Waals surface area contributed by atoms with Gasteiger partial charge in [-0.3, -0.25) is 4.79 Å². The maximum atomic E-state index is 12.0. The molecular weight excluding hydrogens is 414 g/mol. The summed E-state index contributed by atoms with van der Waals surface area (Å²) < 4.78 is 6.88. The molecule has 1 aromatic heterocycles. The molecular formula is C19H19ClN5O3S+. The Kier molecular flexibility index (Phi) is 6.73. The number of hydrazone groups is 1. The van der Waals surface area contributed by atoms with Crippen molar-refractivity contribution in [2.45, 2.75) is 5.16 Å². The number of hydrogen-bond donors (Lipinski definition) is 3. The summed E-state index contributed by atoms with van der Waals surface area (Å²) in [6.45, 7) is 0. The monoisotopic (exact) mass is 432 g/mol. The van der Waals surface area contributed by atoms with Gasteiger partial charge in [-0.25, -0.2) is 9.99 Å². The molecule has 10 heteroatoms. The average molecular weight is 433 g/mol. The zero-order valence-electron chi connectivity index (χ0n) is 15.7. The summed E-state index contributed by atoms with van der Waals surface area (Å²) in [6.07, 6.45) is 1.35. The predicted molar refractivity (Wildman–Crippen MR) is 111 cm³/mol. The molecule has 3 N–H and O–H groups in total. The number of thioether (sulfide) groups is 1. The van der Waals surface area contributed by atoms with Crippen LogP contribution in [0.1, 0.15) is 5.56 Å². The van der Waals surface area contributed by atoms with E-state index in [0.29, 0.717) is 21.5 Å². The fourth-order valence-electron chi connectivity index (χ4n) is 2.51. The summed E-state index contributed by atoms with van der Waals surface area (Å²) in [5.74, 6) is 0.884. The number of amides is 1. The zero-order chi connectivity index (χ0) is 20.8. The molecule has 2 aromatic carbocycles. The van der Waals surface area contributed by atoms with Crippen LogP contribution in [0.4, 0.5) is 0 Å². The fraction of sp³-hybridized carbons (Fsp3) is 0.158. The molecule has 150 valence electrons. The van der Waals surface area contributed by atoms with Crippen LogP contribution in [0, 0.1) is 0 Å². The van der Waals surface area contributed by atoms with Crippen molar-refractivity contribution in [3.8, 4) is 22.9 Å². The van der Waals surface area contributed by atoms with E-state index in [0.717, 1.165) is 11.4 Å². The Balaban J connectivity index is 1.58. The van der Waals surface area contributed by atoms with Gasteiger partial charge >= 0.3 is 5.16 Å². The normalized spacial score (nSPS) is 11.0. The third-order valence-electron chi connectivity index (χ3n) is 3.95. The number of H-pyrrole nitrogens is 1. The molecule has 0 saturated carbocycles. The van der Waals surface area contributed by atoms with Crippen molar-refractivity contribution in [2.75, 3.05) is 12.9 Å². The smallest absolute Gasteiger partial charge is 0.337 e. The predicted octanol–water partition coefficient (Wildman–Crippen LogP) is 2.51. The minimum absolute atomic E-state index is 0.0422. The van der Waals surface area contributed by atoms with Crippen LogP contribution in [0.3, 0.4) is 0 Å². The number of methoxy groups -OCH3 is 1. The summed E-state index contributed by atoms with van der Waals surface area (Å²) in [5, 5.41) is 22.3. The molecule has 29 heavy (non-hydrogen) atoms. The lowest BCUT2D eigenvalue weighted by Gasteiger charge is -2.04. The number of carbonyl (C=O) groups excluding carboxylic acids is 1. The van der Waals surface area contributed by atoms with Crippen LogP contribution in [0.2, 0.25) is 5.02 Å². The SMILES string of the molecule is COc1cccc(/C=N/NC(=O)CSc2n[nH]c(-c3cccc(Cl)c3)[n+]2C)c1O. The first-order valence-corrected chi connectivity index (χ1v) is 9.87. The maximum absolute atomic E-state index is 12.0. The third-order valence-corrected chi connectivity index (χ3v) is 5.22. The number of halogens is 1. The van der Waals surface area contributed by atoms with E-state index < -0.39 is 0 Å². The van der Waals surface area contributed by atoms with Crippen LogP contribution in [0.5, 0.6) is 11.5 Å². The number of para-hydroxylation sites is 1. The number of phenols is 1. The van der Waals surface area contributed by atoms with Crippen molar-refractivity contribution in [3.05, 3.63) is 53.1 Å². The Morgan fingerprint density at radius 2 is 2.21 bits per heavy atom. The minimum Gasteiger partial charge on any atom is -0.504 e. The molecule has 0 aliphatic heterocycles. The van der Waals surface area contributed by atoms with Gasteiger partial charge in [0.05, 0.1) is 36.8 Å². The summed E-state index contributed by atoms with van der Waals surface area (Å²) in [4.78, 5) is 12.0. The first kappa shape index (κ1) is 20.7. The van der Waals surface area contributed by atoms with Crippen molar-refractivity contribution in [1.29, 1.82) is 0 Å². The highest BCUT2D eigenvalue weighted by molar-refractivity contribution is 7.99. The van der Waals surface area contributed by atoms with Crippen LogP contribution in [0.25, 0.3) is 11.4 Å². The van der Waals surface area contributed by atoms with Gasteiger partial charge in [0.15, 0.2) is 11.5 Å². The molecule has 0 aliphatic carbocycles. The zero-order valence-corrected chi connectivity index (χ0v) is 17.3. The molecule has 0 fully saturated rings. The largest absolute Gasteiger partial charge is 0.504 e. The second kappa shape index (κ2) is 9.44. The Bertz CT molecular complexity index is 1050. The van der Waals surface area contributed by atoms with Gasteiger partial charge in [-0.2, -0.15) is 5.10 Å². The number of hydrogen-bond acceptors (Lipinski definition) is 6. The van der Waals surface area contributed by atoms with Crippen molar-refractivity contribution >= 4 is 35.5 Å². The number of aromatic nitrogens is 3. The van der Waals surface area contributed by atoms with Gasteiger partial charge in [-0.1, -0.05) is 23.7 Å². The lowest BCUT2D eigenvalue weighted by Crippen LogP contribution is -2.32. The molecule has 3 rings (SSSR count). The van der Waals surface area contributed by atoms with E-state index in [1.807, 2.05) is 29.8 Å². The summed E-state index contributed by atoms with van der Waals surface area (Å²) in [5.41, 5.74) is 3.75. The Labute approximate surface area is 176 Å². The molecule has 0 aliphatic rings. The lowest BCUT2D eigenvalue weighted by atomic mass is 10.2. The van der Waals surface area contributed by atoms with Gasteiger partial charge in [-0.05, 0) is 42.1 Å². The van der Waals surface area contributed by atoms with Gasteiger partial charge in [0, 0.05) is 10.6 Å². The van der Waals surface area contributed by atoms with E-state index in [9.17, 15) is 9.90 Å². The summed E-state index contributed by atoms with van der Waals surface area (Å²) in [6, 6.07) is 12.4. The Hall–Kier alpha value is -3.04. The fourth-order valence-corrected chi connectivity index (χ4v) is 3.42. The first-order valence-electron chi connectivity index (χ1n) is 8.50. The molecule has 0 bridgehead atoms. The molecule has 3 aromatic rings. The quantitative estimate of drug-likeness (QED) is 0.230. The number of nitrogens with one attached hydrogen (secondary N) is 2. The van der Waals surface area contributed by atoms with Crippen molar-refractivity contribution < 1.29 is 19.2 Å². The Morgan fingerprint density at radius 3 is 2.97 bits per heavy atom. The van der Waals surface area contributed by atoms with Gasteiger partial charge < -0.3 is 9.84 Å². The van der Waals surface area contributed by atoms with E-state index in [-0.39, 0.29) is 17.4 Å². The molecule has 0 saturated heterocycles. The molecule has 0 atom stereocenters. The van der Waals surface area contributed by atoms with Crippen LogP contribution in [-0.2, 0) is 11.8 Å². The molecule has 0 radical (unpaired) electrons. The molecule has 8 nitrogen and oxygen atoms in total. The van der Waals surface area contributed by atoms with Crippen LogP contribution in [-0.4, -0.2) is 40.3 Å². The highest BCUT2D eigenvalue weighted by Crippen LogP contribution is 2.28. The number of benzene rings is 2. The van der Waals surface area contributed by atoms with E-state index in [4.69, 9.17) is 16.3 Å². The molecule has 1 amide bonds. The van der Waals surface area contributed by atoms with Gasteiger partial charge in [0.1, 0.15) is 0 Å². The average Bonchev–Trinajstić information content (AvgIpc) is 3.08. The van der Waals surface area contributed by atoms with Crippen LogP contribution < -0.4 is 14.7 Å². The molecule has 0 unspecified atom stereocenters. The van der Waals surface area contributed by atoms with E-state index >= 15 is 0 Å². The standard InChI is InChI=1S/C19H18ClN5O3S/c1-25-18(12-5-3-7-14(20)9-12)23-24-19(25)29-11-16(26)22-21-10-13-6-4-8-15(28-2)17(13)27/h3-10H,11H2,1-2H3,(H2,21,22,26,27)/p+1. The van der Waals surface area contributed by atoms with E-state index in [1.165, 1.54) is 25.1 Å². The van der Waals surface area contributed by atoms with Crippen LogP contribution >= 0.6 is 23.4 Å². The second-order valence-corrected chi connectivity index (χ2v) is 7.28. The molecule has 0 spiro atoms. The summed E-state index contributed by atoms with van der Waals surface area (Å²) in [7, 11) is 3.31. The van der Waals surface area contributed by atoms with Gasteiger partial charge in [0.2, 0.25) is 0 Å². The number of nitrogens with zero attached hydrogens (tertiary/aromatic N) is 3. The number of rotatable bonds is 7. The third kappa shape index (κ3) is 5.07. The van der Waals surface area contributed by atoms with Crippen LogP contribution in [0.15, 0.2) is 52.7 Å². The Morgan fingerprint density at radius 1 is 1.41 bits per heavy atom. The topological polar surface area (TPSA) is 103 Å². The number of aromatic amines is 1. The minimum atomic E-state index is -0.305. The van der Waals surface area contributed by atoms with Gasteiger partial charge in [-0.15, -0.1) is 5.10 Å². The highest BCUT2D eigenvalue weighted by Gasteiger charge is 2.20. The number of carbonyl (C=O) groups is 1. The van der Waals surface area contributed by atoms with Crippen molar-refractivity contribution in [3.63, 3.8) is 0 Å². The summed E-state index contributed by atoms with van der Waals surface area (Å²) >= 11 is 7.30. The second-order valence-electron chi connectivity index (χ2n) is 5.90. The van der Waals surface area contributed by atoms with Gasteiger partial charge in [0.25, 0.3) is 11.7 Å². The van der Waals surface area contributed by atoms with Crippen molar-refractivity contribution in [2.24, 2.45) is 12.1 Å². The van der Waals surface area contributed by atoms with E-state index in [2.05, 4.69) is 20.7 Å². The van der Waals surface area contributed by atoms with Crippen molar-refractivity contribution in [1.82, 2.24) is 15.6 Å². The van der Waals surface area contributed by atoms with E-state index in [1.54, 1.807) is 24.3 Å². The highest BCUT2D eigenvalue weighted by atomic mass is 35.5. The number of aromatic hydroxyl groups is 1.